The molecule has 0 amide bonds. The number of quaternary nitrogens is 1. The number of allylic oxidation sites excluding steroid dienone is 3. The van der Waals surface area contributed by atoms with Crippen molar-refractivity contribution in [3.63, 3.8) is 0 Å². The molecule has 1 unspecified atom stereocenters. The van der Waals surface area contributed by atoms with Crippen molar-refractivity contribution in [3.05, 3.63) is 71.4 Å². The maximum absolute atomic E-state index is 6.36. The molecule has 4 heteroatoms. The Morgan fingerprint density at radius 3 is 2.62 bits per heavy atom. The van der Waals surface area contributed by atoms with Gasteiger partial charge in [0.25, 0.3) is 0 Å². The summed E-state index contributed by atoms with van der Waals surface area (Å²) >= 11 is 0. The molecule has 0 radical (unpaired) electrons. The standard InChI is InChI=1S/C20H25N2O2/c1-4-9-18-20-19(23-3)12-8-14-22(20,16(2)21-18)24-15-13-17-10-6-5-7-11-17/h5-8,10-12,14H,4,9,13,15H2,1-3H3/q+1. The van der Waals surface area contributed by atoms with E-state index in [4.69, 9.17) is 14.6 Å². The monoisotopic (exact) mass is 325 g/mol. The number of nitrogens with zero attached hydrogens (tertiary/aromatic N) is 2. The van der Waals surface area contributed by atoms with Gasteiger partial charge in [0.15, 0.2) is 5.76 Å². The summed E-state index contributed by atoms with van der Waals surface area (Å²) in [5, 5.41) is 0. The number of hydrogen-bond acceptors (Lipinski definition) is 3. The Morgan fingerprint density at radius 1 is 1.12 bits per heavy atom. The second-order valence-corrected chi connectivity index (χ2v) is 6.01. The average molecular weight is 325 g/mol. The Bertz CT molecular complexity index is 716. The topological polar surface area (TPSA) is 30.8 Å². The predicted octanol–water partition coefficient (Wildman–Crippen LogP) is 4.48. The van der Waals surface area contributed by atoms with Crippen molar-refractivity contribution in [2.75, 3.05) is 13.7 Å². The van der Waals surface area contributed by atoms with Crippen molar-refractivity contribution in [1.29, 1.82) is 0 Å². The lowest BCUT2D eigenvalue weighted by molar-refractivity contribution is -0.962. The Morgan fingerprint density at radius 2 is 1.92 bits per heavy atom. The van der Waals surface area contributed by atoms with Crippen LogP contribution in [0, 0.1) is 0 Å². The number of methoxy groups -OCH3 is 1. The Kier molecular flexibility index (Phi) is 4.97. The van der Waals surface area contributed by atoms with Crippen molar-refractivity contribution < 1.29 is 14.2 Å². The molecule has 0 saturated carbocycles. The quantitative estimate of drug-likeness (QED) is 0.692. The van der Waals surface area contributed by atoms with Crippen molar-refractivity contribution in [2.45, 2.75) is 33.1 Å². The average Bonchev–Trinajstić information content (AvgIpc) is 2.88. The summed E-state index contributed by atoms with van der Waals surface area (Å²) in [7, 11) is 1.70. The van der Waals surface area contributed by atoms with Crippen LogP contribution in [0.3, 0.4) is 0 Å². The predicted molar refractivity (Wildman–Crippen MR) is 95.6 cm³/mol. The molecule has 3 rings (SSSR count). The number of fused-ring (bicyclic) bond motifs is 1. The second-order valence-electron chi connectivity index (χ2n) is 6.01. The van der Waals surface area contributed by atoms with E-state index in [1.165, 1.54) is 5.56 Å². The van der Waals surface area contributed by atoms with Gasteiger partial charge in [-0.3, -0.25) is 0 Å². The van der Waals surface area contributed by atoms with E-state index in [1.807, 2.05) is 31.3 Å². The van der Waals surface area contributed by atoms with E-state index in [1.54, 1.807) is 7.11 Å². The van der Waals surface area contributed by atoms with Crippen LogP contribution in [-0.4, -0.2) is 24.2 Å². The number of hydrogen-bond donors (Lipinski definition) is 0. The molecule has 2 heterocycles. The molecule has 4 nitrogen and oxygen atoms in total. The molecule has 0 spiro atoms. The van der Waals surface area contributed by atoms with Crippen LogP contribution in [0.4, 0.5) is 0 Å². The number of hydroxylamine groups is 3. The fourth-order valence-corrected chi connectivity index (χ4v) is 3.22. The Labute approximate surface area is 144 Å². The summed E-state index contributed by atoms with van der Waals surface area (Å²) in [6.07, 6.45) is 8.84. The highest BCUT2D eigenvalue weighted by Gasteiger charge is 2.48. The number of aliphatic imine (C=N–C) groups is 1. The first kappa shape index (κ1) is 16.7. The molecule has 2 aliphatic heterocycles. The van der Waals surface area contributed by atoms with E-state index < -0.39 is 0 Å². The van der Waals surface area contributed by atoms with Gasteiger partial charge in [0.05, 0.1) is 7.11 Å². The minimum absolute atomic E-state index is 0.224. The third kappa shape index (κ3) is 2.95. The number of rotatable bonds is 7. The van der Waals surface area contributed by atoms with Gasteiger partial charge in [0.2, 0.25) is 11.5 Å². The van der Waals surface area contributed by atoms with Gasteiger partial charge in [-0.25, -0.2) is 0 Å². The van der Waals surface area contributed by atoms with E-state index >= 15 is 0 Å². The van der Waals surface area contributed by atoms with Crippen LogP contribution in [-0.2, 0) is 16.0 Å². The highest BCUT2D eigenvalue weighted by atomic mass is 16.7. The van der Waals surface area contributed by atoms with Crippen LogP contribution in [0.25, 0.3) is 0 Å². The lowest BCUT2D eigenvalue weighted by Crippen LogP contribution is -2.46. The SMILES string of the molecule is CCCC1=C2C(OC)=CC=C[N+]2(OCCc2ccccc2)C(C)=N1. The highest BCUT2D eigenvalue weighted by molar-refractivity contribution is 5.78. The molecule has 0 N–H and O–H groups in total. The fourth-order valence-electron chi connectivity index (χ4n) is 3.22. The molecular formula is C20H25N2O2+. The molecule has 0 fully saturated rings. The van der Waals surface area contributed by atoms with Crippen LogP contribution in [0.5, 0.6) is 0 Å². The summed E-state index contributed by atoms with van der Waals surface area (Å²) in [5.74, 6) is 1.77. The number of benzene rings is 1. The van der Waals surface area contributed by atoms with Gasteiger partial charge in [0.1, 0.15) is 18.5 Å². The van der Waals surface area contributed by atoms with Gasteiger partial charge in [-0.2, -0.15) is 9.83 Å². The normalized spacial score (nSPS) is 22.3. The minimum atomic E-state index is 0.224. The summed E-state index contributed by atoms with van der Waals surface area (Å²) in [5.41, 5.74) is 3.35. The van der Waals surface area contributed by atoms with Crippen LogP contribution in [0.1, 0.15) is 32.3 Å². The molecule has 1 atom stereocenters. The van der Waals surface area contributed by atoms with Crippen LogP contribution < -0.4 is 0 Å². The maximum Gasteiger partial charge on any atom is 0.243 e. The molecule has 0 aliphatic carbocycles. The first-order valence-electron chi connectivity index (χ1n) is 8.52. The summed E-state index contributed by atoms with van der Waals surface area (Å²) < 4.78 is 5.83. The zero-order valence-corrected chi connectivity index (χ0v) is 14.7. The molecule has 0 saturated heterocycles. The highest BCUT2D eigenvalue weighted by Crippen LogP contribution is 2.40. The molecule has 126 valence electrons. The van der Waals surface area contributed by atoms with Crippen molar-refractivity contribution in [1.82, 2.24) is 0 Å². The molecule has 0 aromatic heterocycles. The van der Waals surface area contributed by atoms with Gasteiger partial charge in [0, 0.05) is 13.3 Å². The van der Waals surface area contributed by atoms with Crippen LogP contribution >= 0.6 is 0 Å². The van der Waals surface area contributed by atoms with E-state index in [0.29, 0.717) is 6.61 Å². The molecule has 1 aromatic rings. The number of ether oxygens (including phenoxy) is 1. The molecular weight excluding hydrogens is 300 g/mol. The van der Waals surface area contributed by atoms with E-state index in [0.717, 1.165) is 42.3 Å². The smallest absolute Gasteiger partial charge is 0.243 e. The third-order valence-electron chi connectivity index (χ3n) is 4.40. The van der Waals surface area contributed by atoms with Crippen molar-refractivity contribution in [2.24, 2.45) is 4.99 Å². The van der Waals surface area contributed by atoms with Gasteiger partial charge in [-0.05, 0) is 24.1 Å². The van der Waals surface area contributed by atoms with Gasteiger partial charge in [-0.1, -0.05) is 48.3 Å². The van der Waals surface area contributed by atoms with Crippen molar-refractivity contribution in [3.8, 4) is 0 Å². The molecule has 2 aliphatic rings. The van der Waals surface area contributed by atoms with Crippen LogP contribution in [0.2, 0.25) is 0 Å². The van der Waals surface area contributed by atoms with Gasteiger partial charge < -0.3 is 4.74 Å². The zero-order chi connectivity index (χ0) is 17.0. The minimum Gasteiger partial charge on any atom is -0.491 e. The largest absolute Gasteiger partial charge is 0.491 e. The lowest BCUT2D eigenvalue weighted by Gasteiger charge is -2.31. The van der Waals surface area contributed by atoms with Crippen LogP contribution in [0.15, 0.2) is 70.8 Å². The van der Waals surface area contributed by atoms with Gasteiger partial charge >= 0.3 is 0 Å². The lowest BCUT2D eigenvalue weighted by atomic mass is 10.1. The number of amidine groups is 1. The molecule has 24 heavy (non-hydrogen) atoms. The first-order chi connectivity index (χ1) is 11.7. The third-order valence-corrected chi connectivity index (χ3v) is 4.40. The van der Waals surface area contributed by atoms with E-state index in [9.17, 15) is 0 Å². The van der Waals surface area contributed by atoms with Crippen molar-refractivity contribution >= 4 is 5.84 Å². The first-order valence-corrected chi connectivity index (χ1v) is 8.52. The maximum atomic E-state index is 6.36. The fraction of sp³-hybridized carbons (Fsp3) is 0.350. The zero-order valence-electron chi connectivity index (χ0n) is 14.7. The Balaban J connectivity index is 1.84. The summed E-state index contributed by atoms with van der Waals surface area (Å²) in [4.78, 5) is 11.2. The van der Waals surface area contributed by atoms with Gasteiger partial charge in [-0.15, -0.1) is 0 Å². The second kappa shape index (κ2) is 7.16. The van der Waals surface area contributed by atoms with E-state index in [-0.39, 0.29) is 4.65 Å². The van der Waals surface area contributed by atoms with E-state index in [2.05, 4.69) is 31.2 Å². The summed E-state index contributed by atoms with van der Waals surface area (Å²) in [6, 6.07) is 10.4. The Hall–Kier alpha value is -2.17. The summed E-state index contributed by atoms with van der Waals surface area (Å²) in [6.45, 7) is 4.80. The molecule has 0 bridgehead atoms. The molecule has 1 aromatic carbocycles.